The Morgan fingerprint density at radius 2 is 1.90 bits per heavy atom. The third-order valence-electron chi connectivity index (χ3n) is 4.88. The Morgan fingerprint density at radius 3 is 2.70 bits per heavy atom. The third-order valence-corrected chi connectivity index (χ3v) is 4.88. The summed E-state index contributed by atoms with van der Waals surface area (Å²) in [6, 6.07) is 1.44. The molecule has 3 nitrogen and oxygen atoms in total. The van der Waals surface area contributed by atoms with Crippen molar-refractivity contribution in [1.82, 2.24) is 10.2 Å². The summed E-state index contributed by atoms with van der Waals surface area (Å²) in [5.74, 6) is 0. The highest BCUT2D eigenvalue weighted by molar-refractivity contribution is 4.89. The average Bonchev–Trinajstić information content (AvgIpc) is 2.71. The number of likely N-dealkylation sites (N-methyl/N-ethyl adjacent to an activating group) is 1. The van der Waals surface area contributed by atoms with Crippen molar-refractivity contribution in [1.29, 1.82) is 0 Å². The Bertz CT molecular complexity index is 259. The minimum Gasteiger partial charge on any atom is -0.377 e. The van der Waals surface area contributed by atoms with Gasteiger partial charge in [-0.25, -0.2) is 0 Å². The van der Waals surface area contributed by atoms with Crippen LogP contribution in [0.1, 0.15) is 65.2 Å². The van der Waals surface area contributed by atoms with Gasteiger partial charge >= 0.3 is 0 Å². The van der Waals surface area contributed by atoms with Crippen LogP contribution in [0.5, 0.6) is 0 Å². The molecule has 1 aliphatic heterocycles. The van der Waals surface area contributed by atoms with Gasteiger partial charge in [-0.2, -0.15) is 0 Å². The average molecular weight is 282 g/mol. The molecule has 20 heavy (non-hydrogen) atoms. The molecule has 1 N–H and O–H groups in total. The van der Waals surface area contributed by atoms with Crippen molar-refractivity contribution in [2.45, 2.75) is 83.4 Å². The van der Waals surface area contributed by atoms with Crippen LogP contribution in [0.2, 0.25) is 0 Å². The molecule has 1 aliphatic carbocycles. The van der Waals surface area contributed by atoms with Crippen LogP contribution in [0, 0.1) is 0 Å². The monoisotopic (exact) mass is 282 g/mol. The van der Waals surface area contributed by atoms with E-state index in [0.29, 0.717) is 12.1 Å². The molecule has 2 aliphatic rings. The van der Waals surface area contributed by atoms with Gasteiger partial charge in [0, 0.05) is 25.2 Å². The van der Waals surface area contributed by atoms with Gasteiger partial charge < -0.3 is 10.1 Å². The second kappa shape index (κ2) is 9.01. The van der Waals surface area contributed by atoms with Crippen LogP contribution in [0.4, 0.5) is 0 Å². The highest BCUT2D eigenvalue weighted by Crippen LogP contribution is 2.26. The summed E-state index contributed by atoms with van der Waals surface area (Å²) in [5, 5.41) is 3.75. The van der Waals surface area contributed by atoms with Crippen LogP contribution >= 0.6 is 0 Å². The second-order valence-electron chi connectivity index (χ2n) is 6.50. The molecule has 3 heteroatoms. The molecule has 1 heterocycles. The maximum absolute atomic E-state index is 6.02. The maximum Gasteiger partial charge on any atom is 0.0702 e. The number of nitrogens with zero attached hydrogens (tertiary/aromatic N) is 1. The quantitative estimate of drug-likeness (QED) is 0.757. The lowest BCUT2D eigenvalue weighted by atomic mass is 9.97. The molecule has 0 aromatic carbocycles. The first-order valence-electron chi connectivity index (χ1n) is 8.94. The van der Waals surface area contributed by atoms with Gasteiger partial charge in [0.2, 0.25) is 0 Å². The molecule has 3 atom stereocenters. The molecule has 0 amide bonds. The van der Waals surface area contributed by atoms with E-state index in [-0.39, 0.29) is 0 Å². The maximum atomic E-state index is 6.02. The van der Waals surface area contributed by atoms with Crippen molar-refractivity contribution in [3.8, 4) is 0 Å². The van der Waals surface area contributed by atoms with Gasteiger partial charge in [0.05, 0.1) is 6.10 Å². The van der Waals surface area contributed by atoms with Crippen LogP contribution in [0.3, 0.4) is 0 Å². The van der Waals surface area contributed by atoms with Gasteiger partial charge in [0.15, 0.2) is 0 Å². The van der Waals surface area contributed by atoms with Crippen molar-refractivity contribution in [2.75, 3.05) is 26.2 Å². The van der Waals surface area contributed by atoms with Gasteiger partial charge in [-0.15, -0.1) is 0 Å². The number of hydrogen-bond donors (Lipinski definition) is 1. The molecular formula is C17H34N2O. The van der Waals surface area contributed by atoms with Crippen LogP contribution in [0.25, 0.3) is 0 Å². The fourth-order valence-corrected chi connectivity index (χ4v) is 3.91. The van der Waals surface area contributed by atoms with Crippen molar-refractivity contribution >= 4 is 0 Å². The van der Waals surface area contributed by atoms with E-state index in [1.54, 1.807) is 0 Å². The van der Waals surface area contributed by atoms with E-state index in [4.69, 9.17) is 4.74 Å². The van der Waals surface area contributed by atoms with Crippen molar-refractivity contribution < 1.29 is 4.74 Å². The number of ether oxygens (including phenoxy) is 1. The molecule has 0 aromatic rings. The minimum absolute atomic E-state index is 0.481. The normalized spacial score (nSPS) is 33.0. The first-order chi connectivity index (χ1) is 9.85. The number of hydrogen-bond acceptors (Lipinski definition) is 3. The summed E-state index contributed by atoms with van der Waals surface area (Å²) < 4.78 is 6.02. The molecular weight excluding hydrogens is 248 g/mol. The summed E-state index contributed by atoms with van der Waals surface area (Å²) in [4.78, 5) is 2.74. The predicted molar refractivity (Wildman–Crippen MR) is 85.2 cm³/mol. The SMILES string of the molecule is CCCOC1CCCN(C2CCCCCC2NCC)C1. The summed E-state index contributed by atoms with van der Waals surface area (Å²) >= 11 is 0. The lowest BCUT2D eigenvalue weighted by Crippen LogP contribution is -2.53. The number of piperidine rings is 1. The Morgan fingerprint density at radius 1 is 1.05 bits per heavy atom. The molecule has 0 aromatic heterocycles. The zero-order chi connectivity index (χ0) is 14.2. The summed E-state index contributed by atoms with van der Waals surface area (Å²) in [7, 11) is 0. The van der Waals surface area contributed by atoms with Gasteiger partial charge in [0.1, 0.15) is 0 Å². The van der Waals surface area contributed by atoms with E-state index in [2.05, 4.69) is 24.1 Å². The minimum atomic E-state index is 0.481. The molecule has 2 rings (SSSR count). The number of likely N-dealkylation sites (tertiary alicyclic amines) is 1. The van der Waals surface area contributed by atoms with Crippen LogP contribution in [0.15, 0.2) is 0 Å². The van der Waals surface area contributed by atoms with Gasteiger partial charge in [0.25, 0.3) is 0 Å². The lowest BCUT2D eigenvalue weighted by Gasteiger charge is -2.41. The Kier molecular flexibility index (Phi) is 7.32. The molecule has 0 spiro atoms. The van der Waals surface area contributed by atoms with Crippen LogP contribution in [-0.2, 0) is 4.74 Å². The van der Waals surface area contributed by atoms with E-state index < -0.39 is 0 Å². The molecule has 0 bridgehead atoms. The van der Waals surface area contributed by atoms with E-state index in [1.165, 1.54) is 51.5 Å². The molecule has 3 unspecified atom stereocenters. The number of nitrogens with one attached hydrogen (secondary N) is 1. The molecule has 1 saturated carbocycles. The van der Waals surface area contributed by atoms with Crippen molar-refractivity contribution in [3.05, 3.63) is 0 Å². The molecule has 0 radical (unpaired) electrons. The Labute approximate surface area is 125 Å². The summed E-state index contributed by atoms with van der Waals surface area (Å²) in [5.41, 5.74) is 0. The summed E-state index contributed by atoms with van der Waals surface area (Å²) in [6.45, 7) is 8.91. The Balaban J connectivity index is 1.91. The van der Waals surface area contributed by atoms with Crippen molar-refractivity contribution in [2.24, 2.45) is 0 Å². The fraction of sp³-hybridized carbons (Fsp3) is 1.00. The first kappa shape index (κ1) is 16.3. The zero-order valence-corrected chi connectivity index (χ0v) is 13.6. The lowest BCUT2D eigenvalue weighted by molar-refractivity contribution is -0.0185. The van der Waals surface area contributed by atoms with Gasteiger partial charge in [-0.05, 0) is 45.2 Å². The molecule has 2 fully saturated rings. The first-order valence-corrected chi connectivity index (χ1v) is 8.94. The highest BCUT2D eigenvalue weighted by Gasteiger charge is 2.31. The van der Waals surface area contributed by atoms with Crippen molar-refractivity contribution in [3.63, 3.8) is 0 Å². The van der Waals surface area contributed by atoms with Gasteiger partial charge in [-0.1, -0.05) is 33.1 Å². The zero-order valence-electron chi connectivity index (χ0n) is 13.6. The van der Waals surface area contributed by atoms with E-state index >= 15 is 0 Å². The molecule has 1 saturated heterocycles. The highest BCUT2D eigenvalue weighted by atomic mass is 16.5. The van der Waals surface area contributed by atoms with Crippen LogP contribution < -0.4 is 5.32 Å². The Hall–Kier alpha value is -0.120. The van der Waals surface area contributed by atoms with E-state index in [0.717, 1.165) is 32.2 Å². The van der Waals surface area contributed by atoms with Crippen LogP contribution in [-0.4, -0.2) is 49.3 Å². The van der Waals surface area contributed by atoms with E-state index in [9.17, 15) is 0 Å². The standard InChI is InChI=1S/C17H34N2O/c1-3-13-20-15-9-8-12-19(14-15)17-11-7-5-6-10-16(17)18-4-2/h15-18H,3-14H2,1-2H3. The topological polar surface area (TPSA) is 24.5 Å². The predicted octanol–water partition coefficient (Wildman–Crippen LogP) is 3.19. The number of rotatable bonds is 6. The third kappa shape index (κ3) is 4.71. The summed E-state index contributed by atoms with van der Waals surface area (Å²) in [6.07, 6.45) is 11.1. The van der Waals surface area contributed by atoms with E-state index in [1.807, 2.05) is 0 Å². The fourth-order valence-electron chi connectivity index (χ4n) is 3.91. The van der Waals surface area contributed by atoms with Gasteiger partial charge in [-0.3, -0.25) is 4.90 Å². The molecule has 118 valence electrons. The second-order valence-corrected chi connectivity index (χ2v) is 6.50. The smallest absolute Gasteiger partial charge is 0.0702 e. The largest absolute Gasteiger partial charge is 0.377 e.